The Morgan fingerprint density at radius 1 is 1.17 bits per heavy atom. The molecule has 1 rings (SSSR count). The third kappa shape index (κ3) is 4.95. The van der Waals surface area contributed by atoms with Crippen LogP contribution in [0, 0.1) is 5.92 Å². The van der Waals surface area contributed by atoms with Gasteiger partial charge in [-0.2, -0.15) is 0 Å². The summed E-state index contributed by atoms with van der Waals surface area (Å²) in [7, 11) is 0. The van der Waals surface area contributed by atoms with E-state index in [4.69, 9.17) is 0 Å². The van der Waals surface area contributed by atoms with E-state index in [1.54, 1.807) is 0 Å². The second-order valence-electron chi connectivity index (χ2n) is 5.33. The molecule has 1 aromatic rings. The van der Waals surface area contributed by atoms with Gasteiger partial charge in [-0.3, -0.25) is 0 Å². The molecule has 0 amide bonds. The van der Waals surface area contributed by atoms with Crippen molar-refractivity contribution in [3.63, 3.8) is 0 Å². The van der Waals surface area contributed by atoms with Crippen LogP contribution in [0.15, 0.2) is 36.9 Å². The maximum absolute atomic E-state index is 3.81. The van der Waals surface area contributed by atoms with Crippen LogP contribution in [0.4, 0.5) is 5.69 Å². The van der Waals surface area contributed by atoms with Crippen molar-refractivity contribution in [1.82, 2.24) is 0 Å². The molecule has 0 N–H and O–H groups in total. The van der Waals surface area contributed by atoms with Crippen molar-refractivity contribution in [2.75, 3.05) is 18.0 Å². The quantitative estimate of drug-likeness (QED) is 0.601. The summed E-state index contributed by atoms with van der Waals surface area (Å²) in [6.07, 6.45) is 5.40. The summed E-state index contributed by atoms with van der Waals surface area (Å²) in [6.45, 7) is 12.8. The molecular weight excluding hydrogens is 218 g/mol. The second-order valence-corrected chi connectivity index (χ2v) is 5.33. The molecule has 18 heavy (non-hydrogen) atoms. The smallest absolute Gasteiger partial charge is 0.0366 e. The van der Waals surface area contributed by atoms with Crippen LogP contribution in [0.2, 0.25) is 0 Å². The van der Waals surface area contributed by atoms with Crippen molar-refractivity contribution < 1.29 is 0 Å². The Hall–Kier alpha value is -1.24. The molecule has 0 saturated carbocycles. The molecule has 0 aromatic heterocycles. The predicted molar refractivity (Wildman–Crippen MR) is 82.3 cm³/mol. The first kappa shape index (κ1) is 14.8. The van der Waals surface area contributed by atoms with Gasteiger partial charge in [-0.05, 0) is 42.9 Å². The first-order chi connectivity index (χ1) is 8.67. The van der Waals surface area contributed by atoms with Crippen LogP contribution in [0.1, 0.15) is 39.2 Å². The zero-order chi connectivity index (χ0) is 13.4. The highest BCUT2D eigenvalue weighted by atomic mass is 15.1. The van der Waals surface area contributed by atoms with Crippen LogP contribution in [0.5, 0.6) is 0 Å². The molecule has 1 aromatic carbocycles. The van der Waals surface area contributed by atoms with E-state index in [2.05, 4.69) is 56.5 Å². The minimum absolute atomic E-state index is 0.725. The van der Waals surface area contributed by atoms with Gasteiger partial charge in [0.2, 0.25) is 0 Å². The largest absolute Gasteiger partial charge is 0.371 e. The highest BCUT2D eigenvalue weighted by Gasteiger charge is 2.05. The maximum atomic E-state index is 3.81. The van der Waals surface area contributed by atoms with E-state index in [0.717, 1.165) is 25.4 Å². The molecule has 0 aliphatic rings. The number of anilines is 1. The average Bonchev–Trinajstić information content (AvgIpc) is 2.35. The van der Waals surface area contributed by atoms with E-state index in [0.29, 0.717) is 0 Å². The Kier molecular flexibility index (Phi) is 6.56. The third-order valence-corrected chi connectivity index (χ3v) is 3.04. The number of hydrogen-bond acceptors (Lipinski definition) is 1. The van der Waals surface area contributed by atoms with Gasteiger partial charge in [0.05, 0.1) is 0 Å². The normalized spacial score (nSPS) is 10.7. The molecule has 1 nitrogen and oxygen atoms in total. The summed E-state index contributed by atoms with van der Waals surface area (Å²) in [6, 6.07) is 9.06. The van der Waals surface area contributed by atoms with Crippen LogP contribution < -0.4 is 4.90 Å². The Balaban J connectivity index is 2.69. The second kappa shape index (κ2) is 7.97. The molecule has 0 atom stereocenters. The molecule has 0 heterocycles. The van der Waals surface area contributed by atoms with Gasteiger partial charge < -0.3 is 4.90 Å². The Morgan fingerprint density at radius 3 is 2.33 bits per heavy atom. The van der Waals surface area contributed by atoms with E-state index >= 15 is 0 Å². The van der Waals surface area contributed by atoms with Crippen molar-refractivity contribution in [2.45, 2.75) is 40.0 Å². The van der Waals surface area contributed by atoms with E-state index in [1.807, 2.05) is 6.08 Å². The summed E-state index contributed by atoms with van der Waals surface area (Å²) >= 11 is 0. The van der Waals surface area contributed by atoms with E-state index in [-0.39, 0.29) is 0 Å². The van der Waals surface area contributed by atoms with Gasteiger partial charge in [0, 0.05) is 18.8 Å². The highest BCUT2D eigenvalue weighted by molar-refractivity contribution is 5.47. The van der Waals surface area contributed by atoms with E-state index in [1.165, 1.54) is 24.1 Å². The minimum atomic E-state index is 0.725. The lowest BCUT2D eigenvalue weighted by Crippen LogP contribution is -2.24. The molecule has 0 radical (unpaired) electrons. The molecule has 0 bridgehead atoms. The molecular formula is C17H27N. The Bertz CT molecular complexity index is 337. The van der Waals surface area contributed by atoms with Gasteiger partial charge in [-0.1, -0.05) is 39.0 Å². The van der Waals surface area contributed by atoms with Gasteiger partial charge in [-0.15, -0.1) is 6.58 Å². The van der Waals surface area contributed by atoms with Crippen molar-refractivity contribution in [3.05, 3.63) is 42.5 Å². The summed E-state index contributed by atoms with van der Waals surface area (Å²) in [4.78, 5) is 2.45. The molecule has 0 saturated heterocycles. The Labute approximate surface area is 113 Å². The molecule has 0 aliphatic heterocycles. The first-order valence-corrected chi connectivity index (χ1v) is 7.12. The first-order valence-electron chi connectivity index (χ1n) is 7.12. The molecule has 0 fully saturated rings. The van der Waals surface area contributed by atoms with Crippen molar-refractivity contribution in [3.8, 4) is 0 Å². The standard InChI is InChI=1S/C17H27N/c1-5-7-13-18(12-6-2)17-10-8-16(9-11-17)14-15(3)4/h5,8-11,15H,1,6-7,12-14H2,2-4H3. The van der Waals surface area contributed by atoms with Crippen LogP contribution in [-0.4, -0.2) is 13.1 Å². The van der Waals surface area contributed by atoms with Crippen LogP contribution in [0.3, 0.4) is 0 Å². The average molecular weight is 245 g/mol. The van der Waals surface area contributed by atoms with Gasteiger partial charge in [0.1, 0.15) is 0 Å². The van der Waals surface area contributed by atoms with E-state index < -0.39 is 0 Å². The zero-order valence-electron chi connectivity index (χ0n) is 12.2. The van der Waals surface area contributed by atoms with Crippen LogP contribution in [-0.2, 0) is 6.42 Å². The van der Waals surface area contributed by atoms with Crippen molar-refractivity contribution >= 4 is 5.69 Å². The van der Waals surface area contributed by atoms with Crippen molar-refractivity contribution in [2.24, 2.45) is 5.92 Å². The lowest BCUT2D eigenvalue weighted by molar-refractivity contribution is 0.647. The summed E-state index contributed by atoms with van der Waals surface area (Å²) < 4.78 is 0. The monoisotopic (exact) mass is 245 g/mol. The molecule has 1 heteroatoms. The molecule has 0 spiro atoms. The third-order valence-electron chi connectivity index (χ3n) is 3.04. The predicted octanol–water partition coefficient (Wildman–Crippen LogP) is 4.68. The Morgan fingerprint density at radius 2 is 1.83 bits per heavy atom. The molecule has 100 valence electrons. The van der Waals surface area contributed by atoms with Crippen LogP contribution >= 0.6 is 0 Å². The summed E-state index contributed by atoms with van der Waals surface area (Å²) in [5.41, 5.74) is 2.78. The number of rotatable bonds is 8. The SMILES string of the molecule is C=CCCN(CCC)c1ccc(CC(C)C)cc1. The topological polar surface area (TPSA) is 3.24 Å². The maximum Gasteiger partial charge on any atom is 0.0366 e. The lowest BCUT2D eigenvalue weighted by atomic mass is 10.0. The fourth-order valence-electron chi connectivity index (χ4n) is 2.20. The van der Waals surface area contributed by atoms with Gasteiger partial charge >= 0.3 is 0 Å². The van der Waals surface area contributed by atoms with Gasteiger partial charge in [0.15, 0.2) is 0 Å². The fraction of sp³-hybridized carbons (Fsp3) is 0.529. The van der Waals surface area contributed by atoms with Crippen LogP contribution in [0.25, 0.3) is 0 Å². The van der Waals surface area contributed by atoms with Gasteiger partial charge in [0.25, 0.3) is 0 Å². The lowest BCUT2D eigenvalue weighted by Gasteiger charge is -2.24. The fourth-order valence-corrected chi connectivity index (χ4v) is 2.20. The minimum Gasteiger partial charge on any atom is -0.371 e. The number of hydrogen-bond donors (Lipinski definition) is 0. The van der Waals surface area contributed by atoms with E-state index in [9.17, 15) is 0 Å². The van der Waals surface area contributed by atoms with Crippen molar-refractivity contribution in [1.29, 1.82) is 0 Å². The number of nitrogens with zero attached hydrogens (tertiary/aromatic N) is 1. The molecule has 0 unspecified atom stereocenters. The zero-order valence-corrected chi connectivity index (χ0v) is 12.2. The molecule has 0 aliphatic carbocycles. The van der Waals surface area contributed by atoms with Gasteiger partial charge in [-0.25, -0.2) is 0 Å². The number of benzene rings is 1. The summed E-state index contributed by atoms with van der Waals surface area (Å²) in [5, 5.41) is 0. The summed E-state index contributed by atoms with van der Waals surface area (Å²) in [5.74, 6) is 0.725. The highest BCUT2D eigenvalue weighted by Crippen LogP contribution is 2.18.